The number of nitrogens with one attached hydrogen (secondary N) is 1. The third-order valence-corrected chi connectivity index (χ3v) is 6.46. The molecule has 2 amide bonds. The van der Waals surface area contributed by atoms with E-state index in [2.05, 4.69) is 20.1 Å². The number of alkyl halides is 3. The zero-order valence-electron chi connectivity index (χ0n) is 18.1. The number of fused-ring (bicyclic) bond motifs is 4. The molecule has 1 aromatic heterocycles. The van der Waals surface area contributed by atoms with Crippen LogP contribution in [0.2, 0.25) is 0 Å². The van der Waals surface area contributed by atoms with Crippen LogP contribution in [0.3, 0.4) is 0 Å². The predicted octanol–water partition coefficient (Wildman–Crippen LogP) is 3.21. The number of carbonyl (C=O) groups is 1. The van der Waals surface area contributed by atoms with Crippen LogP contribution < -0.4 is 15.1 Å². The minimum Gasteiger partial charge on any atom is -0.379 e. The van der Waals surface area contributed by atoms with Crippen molar-refractivity contribution in [2.75, 3.05) is 62.3 Å². The maximum Gasteiger partial charge on any atom is 0.416 e. The van der Waals surface area contributed by atoms with Crippen molar-refractivity contribution in [1.29, 1.82) is 0 Å². The zero-order chi connectivity index (χ0) is 23.0. The van der Waals surface area contributed by atoms with E-state index in [-0.39, 0.29) is 12.1 Å². The average Bonchev–Trinajstić information content (AvgIpc) is 3.23. The van der Waals surface area contributed by atoms with E-state index in [1.807, 2.05) is 6.07 Å². The Labute approximate surface area is 190 Å². The Morgan fingerprint density at radius 2 is 1.97 bits per heavy atom. The van der Waals surface area contributed by atoms with Gasteiger partial charge in [-0.15, -0.1) is 0 Å². The number of rotatable bonds is 4. The first kappa shape index (κ1) is 22.0. The molecule has 5 rings (SSSR count). The number of morpholine rings is 1. The highest BCUT2D eigenvalue weighted by Gasteiger charge is 2.40. The molecular formula is C23H26F3N5O2. The first-order valence-corrected chi connectivity index (χ1v) is 11.2. The van der Waals surface area contributed by atoms with Crippen molar-refractivity contribution in [2.45, 2.75) is 18.6 Å². The van der Waals surface area contributed by atoms with Gasteiger partial charge in [0.25, 0.3) is 0 Å². The number of aromatic nitrogens is 1. The van der Waals surface area contributed by atoms with Crippen molar-refractivity contribution >= 4 is 17.5 Å². The molecular weight excluding hydrogens is 435 g/mol. The Hall–Kier alpha value is -2.85. The molecule has 3 aliphatic rings. The van der Waals surface area contributed by atoms with Crippen LogP contribution in [-0.2, 0) is 10.9 Å². The van der Waals surface area contributed by atoms with Crippen LogP contribution in [0.15, 0.2) is 36.4 Å². The summed E-state index contributed by atoms with van der Waals surface area (Å²) in [4.78, 5) is 24.0. The minimum absolute atomic E-state index is 0.00912. The van der Waals surface area contributed by atoms with Gasteiger partial charge >= 0.3 is 12.2 Å². The Bertz CT molecular complexity index is 1030. The molecule has 2 aromatic rings. The fourth-order valence-electron chi connectivity index (χ4n) is 4.72. The van der Waals surface area contributed by atoms with E-state index in [1.54, 1.807) is 17.0 Å². The van der Waals surface area contributed by atoms with Crippen LogP contribution >= 0.6 is 0 Å². The largest absolute Gasteiger partial charge is 0.416 e. The van der Waals surface area contributed by atoms with E-state index in [4.69, 9.17) is 4.74 Å². The first-order chi connectivity index (χ1) is 15.9. The van der Waals surface area contributed by atoms with Crippen molar-refractivity contribution in [1.82, 2.24) is 15.2 Å². The molecule has 0 saturated carbocycles. The van der Waals surface area contributed by atoms with Crippen LogP contribution in [0.25, 0.3) is 11.3 Å². The van der Waals surface area contributed by atoms with Gasteiger partial charge in [-0.2, -0.15) is 13.2 Å². The molecule has 7 nitrogen and oxygen atoms in total. The molecule has 1 atom stereocenters. The number of anilines is 2. The smallest absolute Gasteiger partial charge is 0.379 e. The van der Waals surface area contributed by atoms with E-state index in [9.17, 15) is 18.0 Å². The summed E-state index contributed by atoms with van der Waals surface area (Å²) in [7, 11) is 0. The highest BCUT2D eigenvalue weighted by Crippen LogP contribution is 2.40. The predicted molar refractivity (Wildman–Crippen MR) is 118 cm³/mol. The number of halogens is 3. The zero-order valence-corrected chi connectivity index (χ0v) is 18.1. The van der Waals surface area contributed by atoms with E-state index in [1.165, 1.54) is 6.07 Å². The molecule has 0 radical (unpaired) electrons. The molecule has 10 heteroatoms. The summed E-state index contributed by atoms with van der Waals surface area (Å²) in [5, 5.41) is 3.01. The van der Waals surface area contributed by atoms with Gasteiger partial charge in [-0.25, -0.2) is 9.78 Å². The summed E-state index contributed by atoms with van der Waals surface area (Å²) in [6.07, 6.45) is -3.60. The molecule has 1 N–H and O–H groups in total. The molecule has 3 aliphatic heterocycles. The van der Waals surface area contributed by atoms with Crippen LogP contribution in [0.5, 0.6) is 0 Å². The lowest BCUT2D eigenvalue weighted by molar-refractivity contribution is -0.137. The van der Waals surface area contributed by atoms with Crippen LogP contribution in [0, 0.1) is 0 Å². The molecule has 0 aliphatic carbocycles. The fraction of sp³-hybridized carbons (Fsp3) is 0.478. The van der Waals surface area contributed by atoms with Gasteiger partial charge in [0.1, 0.15) is 0 Å². The van der Waals surface area contributed by atoms with Gasteiger partial charge < -0.3 is 15.0 Å². The monoisotopic (exact) mass is 461 g/mol. The van der Waals surface area contributed by atoms with Crippen molar-refractivity contribution < 1.29 is 22.7 Å². The molecule has 2 saturated heterocycles. The molecule has 176 valence electrons. The maximum atomic E-state index is 13.2. The fourth-order valence-corrected chi connectivity index (χ4v) is 4.72. The molecule has 2 fully saturated rings. The highest BCUT2D eigenvalue weighted by molar-refractivity contribution is 5.97. The number of ether oxygens (including phenoxy) is 1. The SMILES string of the molecule is O=C(NCCN1CCOCC1)N1c2nc(-c3cccc(C(F)(F)F)c3)ccc2N2CC[C@H]1C2. The number of hydrogen-bond acceptors (Lipinski definition) is 5. The maximum absolute atomic E-state index is 13.2. The number of hydrogen-bond donors (Lipinski definition) is 1. The normalized spacial score (nSPS) is 20.6. The first-order valence-electron chi connectivity index (χ1n) is 11.2. The van der Waals surface area contributed by atoms with Gasteiger partial charge in [0.2, 0.25) is 0 Å². The average molecular weight is 461 g/mol. The molecule has 0 unspecified atom stereocenters. The van der Waals surface area contributed by atoms with Crippen LogP contribution in [-0.4, -0.2) is 74.4 Å². The summed E-state index contributed by atoms with van der Waals surface area (Å²) in [5.41, 5.74) is 0.894. The van der Waals surface area contributed by atoms with Gasteiger partial charge in [-0.05, 0) is 30.7 Å². The van der Waals surface area contributed by atoms with Gasteiger partial charge in [-0.3, -0.25) is 9.80 Å². The van der Waals surface area contributed by atoms with Gasteiger partial charge in [0.15, 0.2) is 5.82 Å². The summed E-state index contributed by atoms with van der Waals surface area (Å²) in [6, 6.07) is 8.47. The van der Waals surface area contributed by atoms with E-state index >= 15 is 0 Å². The molecule has 1 aromatic carbocycles. The molecule has 33 heavy (non-hydrogen) atoms. The number of urea groups is 1. The quantitative estimate of drug-likeness (QED) is 0.758. The summed E-state index contributed by atoms with van der Waals surface area (Å²) < 4.78 is 44.9. The third-order valence-electron chi connectivity index (χ3n) is 6.46. The third kappa shape index (κ3) is 4.49. The van der Waals surface area contributed by atoms with Crippen LogP contribution in [0.1, 0.15) is 12.0 Å². The minimum atomic E-state index is -4.43. The lowest BCUT2D eigenvalue weighted by atomic mass is 10.1. The van der Waals surface area contributed by atoms with E-state index in [0.717, 1.165) is 57.0 Å². The molecule has 4 heterocycles. The van der Waals surface area contributed by atoms with Crippen molar-refractivity contribution in [3.63, 3.8) is 0 Å². The lowest BCUT2D eigenvalue weighted by Crippen LogP contribution is -2.52. The second-order valence-corrected chi connectivity index (χ2v) is 8.56. The molecule has 2 bridgehead atoms. The summed E-state index contributed by atoms with van der Waals surface area (Å²) in [6.45, 7) is 5.90. The highest BCUT2D eigenvalue weighted by atomic mass is 19.4. The van der Waals surface area contributed by atoms with Crippen molar-refractivity contribution in [3.05, 3.63) is 42.0 Å². The second kappa shape index (κ2) is 8.83. The number of pyridine rings is 1. The van der Waals surface area contributed by atoms with Gasteiger partial charge in [-0.1, -0.05) is 12.1 Å². The second-order valence-electron chi connectivity index (χ2n) is 8.56. The van der Waals surface area contributed by atoms with E-state index < -0.39 is 11.7 Å². The number of carbonyl (C=O) groups excluding carboxylic acids is 1. The Morgan fingerprint density at radius 1 is 1.15 bits per heavy atom. The van der Waals surface area contributed by atoms with Crippen LogP contribution in [0.4, 0.5) is 29.5 Å². The van der Waals surface area contributed by atoms with Crippen molar-refractivity contribution in [3.8, 4) is 11.3 Å². The van der Waals surface area contributed by atoms with Gasteiger partial charge in [0, 0.05) is 44.8 Å². The number of amides is 2. The van der Waals surface area contributed by atoms with Gasteiger partial charge in [0.05, 0.1) is 36.2 Å². The standard InChI is InChI=1S/C23H26F3N5O2/c24-23(25,26)17-3-1-2-16(14-17)19-4-5-20-21(28-19)31(18-6-8-30(20)15-18)22(32)27-7-9-29-10-12-33-13-11-29/h1-5,14,18H,6-13,15H2,(H,27,32)/t18-/m0/s1. The van der Waals surface area contributed by atoms with E-state index in [0.29, 0.717) is 36.8 Å². The van der Waals surface area contributed by atoms with Crippen molar-refractivity contribution in [2.24, 2.45) is 0 Å². The Balaban J connectivity index is 1.38. The number of nitrogens with zero attached hydrogens (tertiary/aromatic N) is 4. The summed E-state index contributed by atoms with van der Waals surface area (Å²) >= 11 is 0. The lowest BCUT2D eigenvalue weighted by Gasteiger charge is -2.36. The number of benzene rings is 1. The topological polar surface area (TPSA) is 60.9 Å². The summed E-state index contributed by atoms with van der Waals surface area (Å²) in [5.74, 6) is 0.502. The Morgan fingerprint density at radius 3 is 2.76 bits per heavy atom. The Kier molecular flexibility index (Phi) is 5.88. The molecule has 0 spiro atoms.